The second-order valence-electron chi connectivity index (χ2n) is 7.26. The Kier molecular flexibility index (Phi) is 3.02. The van der Waals surface area contributed by atoms with Gasteiger partial charge in [-0.25, -0.2) is 0 Å². The Morgan fingerprint density at radius 1 is 1.43 bits per heavy atom. The predicted octanol–water partition coefficient (Wildman–Crippen LogP) is 5.74. The quantitative estimate of drug-likeness (QED) is 0.567. The summed E-state index contributed by atoms with van der Waals surface area (Å²) in [6, 6.07) is 3.30. The molecular formula is C21H30O2. The summed E-state index contributed by atoms with van der Waals surface area (Å²) in [5.41, 5.74) is 0.455. The second-order valence-corrected chi connectivity index (χ2v) is 7.26. The van der Waals surface area contributed by atoms with Gasteiger partial charge >= 0.3 is 0 Å². The molecule has 23 heavy (non-hydrogen) atoms. The Morgan fingerprint density at radius 2 is 2.26 bits per heavy atom. The zero-order chi connectivity index (χ0) is 20.9. The number of aromatic hydroxyl groups is 1. The molecule has 1 aromatic rings. The first-order valence-corrected chi connectivity index (χ1v) is 8.69. The van der Waals surface area contributed by atoms with Crippen LogP contribution in [0.15, 0.2) is 23.8 Å². The molecular weight excluding hydrogens is 284 g/mol. The van der Waals surface area contributed by atoms with Crippen LogP contribution in [0.2, 0.25) is 0 Å². The molecule has 0 unspecified atom stereocenters. The van der Waals surface area contributed by atoms with E-state index >= 15 is 0 Å². The number of hydrogen-bond donors (Lipinski definition) is 1. The third-order valence-electron chi connectivity index (χ3n) is 5.01. The highest BCUT2D eigenvalue weighted by Gasteiger charge is 2.45. The summed E-state index contributed by atoms with van der Waals surface area (Å²) in [7, 11) is 0. The van der Waals surface area contributed by atoms with Crippen molar-refractivity contribution in [1.29, 1.82) is 0 Å². The van der Waals surface area contributed by atoms with E-state index < -0.39 is 24.3 Å². The average molecular weight is 319 g/mol. The summed E-state index contributed by atoms with van der Waals surface area (Å²) in [4.78, 5) is 0. The van der Waals surface area contributed by atoms with Crippen LogP contribution in [0.1, 0.15) is 83.6 Å². The molecule has 0 aromatic heterocycles. The average Bonchev–Trinajstić information content (AvgIpc) is 2.54. The van der Waals surface area contributed by atoms with Gasteiger partial charge in [-0.2, -0.15) is 0 Å². The molecule has 0 fully saturated rings. The molecule has 2 nitrogen and oxygen atoms in total. The number of fused-ring (bicyclic) bond motifs is 3. The number of phenolic OH excluding ortho intramolecular Hbond substituents is 1. The normalized spacial score (nSPS) is 32.5. The van der Waals surface area contributed by atoms with Crippen LogP contribution < -0.4 is 4.74 Å². The molecule has 2 heteroatoms. The lowest BCUT2D eigenvalue weighted by Gasteiger charge is -2.46. The van der Waals surface area contributed by atoms with Crippen molar-refractivity contribution in [3.05, 3.63) is 34.9 Å². The Hall–Kier alpha value is -1.44. The molecule has 0 spiro atoms. The Labute approximate surface area is 147 Å². The summed E-state index contributed by atoms with van der Waals surface area (Å²) in [5.74, 6) is -1.72. The van der Waals surface area contributed by atoms with Gasteiger partial charge < -0.3 is 9.84 Å². The summed E-state index contributed by atoms with van der Waals surface area (Å²) < 4.78 is 47.5. The van der Waals surface area contributed by atoms with E-state index in [1.54, 1.807) is 6.07 Å². The maximum absolute atomic E-state index is 10.8. The highest BCUT2D eigenvalue weighted by Crippen LogP contribution is 2.53. The van der Waals surface area contributed by atoms with Crippen LogP contribution in [0.4, 0.5) is 0 Å². The van der Waals surface area contributed by atoms with Crippen LogP contribution in [0, 0.1) is 5.92 Å². The van der Waals surface area contributed by atoms with Crippen molar-refractivity contribution >= 4 is 0 Å². The lowest BCUT2D eigenvalue weighted by atomic mass is 9.68. The summed E-state index contributed by atoms with van der Waals surface area (Å²) in [5, 5.41) is 10.8. The molecule has 0 saturated carbocycles. The lowest BCUT2D eigenvalue weighted by Crippen LogP contribution is -2.45. The molecule has 1 heterocycles. The van der Waals surface area contributed by atoms with Crippen molar-refractivity contribution < 1.29 is 16.7 Å². The molecule has 1 aliphatic heterocycles. The summed E-state index contributed by atoms with van der Waals surface area (Å²) >= 11 is 0. The van der Waals surface area contributed by atoms with E-state index in [0.29, 0.717) is 12.2 Å². The number of allylic oxidation sites excluding steroid dienone is 2. The van der Waals surface area contributed by atoms with Gasteiger partial charge in [-0.05, 0) is 64.1 Å². The maximum atomic E-state index is 10.8. The zero-order valence-corrected chi connectivity index (χ0v) is 14.3. The third kappa shape index (κ3) is 3.13. The molecule has 126 valence electrons. The van der Waals surface area contributed by atoms with Crippen LogP contribution in [-0.2, 0) is 6.42 Å². The van der Waals surface area contributed by atoms with Gasteiger partial charge in [-0.15, -0.1) is 0 Å². The maximum Gasteiger partial charge on any atom is 0.127 e. The fraction of sp³-hybridized carbons (Fsp3) is 0.619. The SMILES string of the molecule is [2H]C1=C(C([2H])([2H])[2H])CC[C@H]2C(C)(C)Oc3cc(CCCCC)cc(O)c3[C@]12[2H]. The summed E-state index contributed by atoms with van der Waals surface area (Å²) in [6.07, 6.45) is 4.68. The molecule has 2 aliphatic rings. The van der Waals surface area contributed by atoms with E-state index in [9.17, 15) is 6.48 Å². The largest absolute Gasteiger partial charge is 0.507 e. The van der Waals surface area contributed by atoms with Crippen LogP contribution >= 0.6 is 0 Å². The minimum atomic E-state index is -2.41. The van der Waals surface area contributed by atoms with Crippen molar-refractivity contribution in [3.63, 3.8) is 0 Å². The molecule has 1 aromatic carbocycles. The Bertz CT molecular complexity index is 797. The first kappa shape index (κ1) is 11.2. The molecule has 1 aliphatic carbocycles. The first-order valence-electron chi connectivity index (χ1n) is 11.2. The number of rotatable bonds is 4. The minimum Gasteiger partial charge on any atom is -0.507 e. The van der Waals surface area contributed by atoms with E-state index in [1.807, 2.05) is 19.9 Å². The van der Waals surface area contributed by atoms with E-state index in [4.69, 9.17) is 10.2 Å². The molecule has 0 amide bonds. The van der Waals surface area contributed by atoms with Gasteiger partial charge in [0.25, 0.3) is 0 Å². The number of hydrogen-bond acceptors (Lipinski definition) is 2. The summed E-state index contributed by atoms with van der Waals surface area (Å²) in [6.45, 7) is 3.50. The van der Waals surface area contributed by atoms with E-state index in [-0.39, 0.29) is 29.4 Å². The van der Waals surface area contributed by atoms with Gasteiger partial charge in [-0.1, -0.05) is 31.4 Å². The molecule has 0 saturated heterocycles. The molecule has 3 rings (SSSR count). The highest BCUT2D eigenvalue weighted by molar-refractivity contribution is 5.53. The third-order valence-corrected chi connectivity index (χ3v) is 5.01. The van der Waals surface area contributed by atoms with Gasteiger partial charge in [-0.3, -0.25) is 0 Å². The van der Waals surface area contributed by atoms with Crippen LogP contribution in [0.5, 0.6) is 11.5 Å². The van der Waals surface area contributed by atoms with Crippen molar-refractivity contribution in [1.82, 2.24) is 0 Å². The Morgan fingerprint density at radius 3 is 3.00 bits per heavy atom. The molecule has 0 radical (unpaired) electrons. The topological polar surface area (TPSA) is 29.5 Å². The van der Waals surface area contributed by atoms with Crippen molar-refractivity contribution in [2.45, 2.75) is 77.6 Å². The number of aryl methyl sites for hydroxylation is 1. The lowest BCUT2D eigenvalue weighted by molar-refractivity contribution is 0.0107. The monoisotopic (exact) mass is 319 g/mol. The number of benzene rings is 1. The highest BCUT2D eigenvalue weighted by atomic mass is 16.5. The van der Waals surface area contributed by atoms with Crippen molar-refractivity contribution in [3.8, 4) is 11.5 Å². The van der Waals surface area contributed by atoms with Crippen LogP contribution in [0.25, 0.3) is 0 Å². The predicted molar refractivity (Wildman–Crippen MR) is 95.3 cm³/mol. The fourth-order valence-electron chi connectivity index (χ4n) is 3.76. The second kappa shape index (κ2) is 6.22. The number of phenols is 1. The Balaban J connectivity index is 2.18. The van der Waals surface area contributed by atoms with Crippen molar-refractivity contribution in [2.24, 2.45) is 5.92 Å². The van der Waals surface area contributed by atoms with Crippen LogP contribution in [0.3, 0.4) is 0 Å². The van der Waals surface area contributed by atoms with Crippen molar-refractivity contribution in [2.75, 3.05) is 0 Å². The van der Waals surface area contributed by atoms with E-state index in [2.05, 4.69) is 6.92 Å². The fourth-order valence-corrected chi connectivity index (χ4v) is 3.76. The van der Waals surface area contributed by atoms with Gasteiger partial charge in [0.2, 0.25) is 0 Å². The first-order chi connectivity index (χ1) is 12.9. The number of ether oxygens (including phenoxy) is 1. The van der Waals surface area contributed by atoms with Gasteiger partial charge in [0.1, 0.15) is 17.1 Å². The molecule has 0 bridgehead atoms. The van der Waals surface area contributed by atoms with E-state index in [0.717, 1.165) is 31.2 Å². The van der Waals surface area contributed by atoms with Crippen LogP contribution in [-0.4, -0.2) is 10.7 Å². The minimum absolute atomic E-state index is 0.0221. The zero-order valence-electron chi connectivity index (χ0n) is 19.3. The van der Waals surface area contributed by atoms with Gasteiger partial charge in [0.05, 0.1) is 1.37 Å². The van der Waals surface area contributed by atoms with Gasteiger partial charge in [0.15, 0.2) is 0 Å². The number of unbranched alkanes of at least 4 members (excludes halogenated alkanes) is 2. The smallest absolute Gasteiger partial charge is 0.127 e. The molecule has 1 N–H and O–H groups in total. The van der Waals surface area contributed by atoms with E-state index in [1.165, 1.54) is 0 Å². The van der Waals surface area contributed by atoms with Gasteiger partial charge in [0, 0.05) is 22.9 Å². The standard InChI is InChI=1S/C21H30O2/c1-5-6-7-8-15-12-18(22)20-16-11-14(2)9-10-17(16)21(3,4)23-19(20)13-15/h11-13,16-17,22H,5-10H2,1-4H3/t16-,17-/m1/s1/i2D3,11D,16D. The molecule has 2 atom stereocenters.